The van der Waals surface area contributed by atoms with Crippen molar-refractivity contribution >= 4 is 10.8 Å². The molecule has 0 fully saturated rings. The highest BCUT2D eigenvalue weighted by atomic mass is 16.5. The van der Waals surface area contributed by atoms with Crippen molar-refractivity contribution in [3.8, 4) is 17.6 Å². The van der Waals surface area contributed by atoms with Gasteiger partial charge in [-0.05, 0) is 11.5 Å². The van der Waals surface area contributed by atoms with Crippen LogP contribution in [0.25, 0.3) is 10.8 Å². The zero-order valence-electron chi connectivity index (χ0n) is 11.6. The Balaban J connectivity index is 2.40. The number of ether oxygens (including phenoxy) is 2. The van der Waals surface area contributed by atoms with Crippen molar-refractivity contribution in [3.63, 3.8) is 0 Å². The largest absolute Gasteiger partial charge is 0.490 e. The summed E-state index contributed by atoms with van der Waals surface area (Å²) in [6, 6.07) is 12.0. The fourth-order valence-electron chi connectivity index (χ4n) is 1.94. The van der Waals surface area contributed by atoms with E-state index in [0.29, 0.717) is 19.6 Å². The Morgan fingerprint density at radius 3 is 2.75 bits per heavy atom. The van der Waals surface area contributed by atoms with Crippen molar-refractivity contribution in [1.82, 2.24) is 0 Å². The van der Waals surface area contributed by atoms with Gasteiger partial charge in [0.2, 0.25) is 0 Å². The number of fused-ring (bicyclic) bond motifs is 1. The summed E-state index contributed by atoms with van der Waals surface area (Å²) in [5.74, 6) is 6.83. The normalized spacial score (nSPS) is 10.1. The molecule has 0 spiro atoms. The van der Waals surface area contributed by atoms with Crippen LogP contribution in [0.1, 0.15) is 12.0 Å². The molecule has 1 N–H and O–H groups in total. The highest BCUT2D eigenvalue weighted by Crippen LogP contribution is 2.27. The van der Waals surface area contributed by atoms with Crippen molar-refractivity contribution in [2.45, 2.75) is 6.42 Å². The van der Waals surface area contributed by atoms with Crippen LogP contribution < -0.4 is 4.74 Å². The molecule has 0 saturated heterocycles. The van der Waals surface area contributed by atoms with Crippen molar-refractivity contribution in [1.29, 1.82) is 0 Å². The summed E-state index contributed by atoms with van der Waals surface area (Å²) < 4.78 is 10.7. The van der Waals surface area contributed by atoms with E-state index in [0.717, 1.165) is 22.1 Å². The van der Waals surface area contributed by atoms with E-state index in [1.807, 2.05) is 36.4 Å². The number of methoxy groups -OCH3 is 1. The first-order chi connectivity index (χ1) is 9.86. The highest BCUT2D eigenvalue weighted by molar-refractivity contribution is 5.90. The molecule has 3 nitrogen and oxygen atoms in total. The van der Waals surface area contributed by atoms with Crippen LogP contribution in [-0.2, 0) is 4.74 Å². The number of rotatable bonds is 5. The Hall–Kier alpha value is -2.02. The molecule has 0 aliphatic heterocycles. The number of aliphatic hydroxyl groups is 1. The van der Waals surface area contributed by atoms with Gasteiger partial charge in [0.25, 0.3) is 0 Å². The average Bonchev–Trinajstić information content (AvgIpc) is 2.49. The highest BCUT2D eigenvalue weighted by Gasteiger charge is 2.06. The lowest BCUT2D eigenvalue weighted by atomic mass is 10.0. The second-order valence-corrected chi connectivity index (χ2v) is 4.28. The van der Waals surface area contributed by atoms with Gasteiger partial charge in [-0.2, -0.15) is 0 Å². The van der Waals surface area contributed by atoms with Crippen molar-refractivity contribution < 1.29 is 14.6 Å². The molecule has 2 aromatic rings. The van der Waals surface area contributed by atoms with E-state index in [1.165, 1.54) is 0 Å². The zero-order chi connectivity index (χ0) is 14.2. The van der Waals surface area contributed by atoms with E-state index in [1.54, 1.807) is 7.11 Å². The molecule has 3 heteroatoms. The van der Waals surface area contributed by atoms with Gasteiger partial charge >= 0.3 is 0 Å². The Labute approximate surface area is 119 Å². The monoisotopic (exact) mass is 270 g/mol. The lowest BCUT2D eigenvalue weighted by Crippen LogP contribution is -2.05. The Morgan fingerprint density at radius 2 is 1.95 bits per heavy atom. The lowest BCUT2D eigenvalue weighted by Gasteiger charge is -2.10. The van der Waals surface area contributed by atoms with E-state index in [-0.39, 0.29) is 6.61 Å². The topological polar surface area (TPSA) is 38.7 Å². The van der Waals surface area contributed by atoms with Crippen LogP contribution >= 0.6 is 0 Å². The van der Waals surface area contributed by atoms with Gasteiger partial charge in [-0.1, -0.05) is 42.2 Å². The van der Waals surface area contributed by atoms with Crippen LogP contribution in [0, 0.1) is 11.8 Å². The summed E-state index contributed by atoms with van der Waals surface area (Å²) in [6.45, 7) is 1.09. The van der Waals surface area contributed by atoms with E-state index >= 15 is 0 Å². The van der Waals surface area contributed by atoms with Crippen molar-refractivity contribution in [2.24, 2.45) is 0 Å². The van der Waals surface area contributed by atoms with E-state index in [9.17, 15) is 0 Å². The molecule has 0 aromatic heterocycles. The molecular formula is C17H18O3. The summed E-state index contributed by atoms with van der Waals surface area (Å²) in [5, 5.41) is 11.0. The van der Waals surface area contributed by atoms with Crippen LogP contribution in [-0.4, -0.2) is 32.0 Å². The maximum Gasteiger partial charge on any atom is 0.135 e. The van der Waals surface area contributed by atoms with Gasteiger partial charge < -0.3 is 14.6 Å². The maximum atomic E-state index is 8.85. The first-order valence-electron chi connectivity index (χ1n) is 6.60. The molecule has 0 radical (unpaired) electrons. The van der Waals surface area contributed by atoms with Crippen LogP contribution in [0.5, 0.6) is 5.75 Å². The van der Waals surface area contributed by atoms with Crippen LogP contribution in [0.15, 0.2) is 36.4 Å². The van der Waals surface area contributed by atoms with E-state index in [2.05, 4.69) is 11.8 Å². The number of benzene rings is 2. The number of aliphatic hydroxyl groups excluding tert-OH is 1. The standard InChI is InChI=1S/C17H18O3/c1-19-12-13-20-17-10-9-14-6-2-3-7-15(14)16(17)8-4-5-11-18/h2-3,6-7,9-10,18H,5,11-13H2,1H3. The third-order valence-electron chi connectivity index (χ3n) is 2.89. The number of hydrogen-bond donors (Lipinski definition) is 1. The van der Waals surface area contributed by atoms with Gasteiger partial charge in [0.05, 0.1) is 18.8 Å². The molecule has 20 heavy (non-hydrogen) atoms. The second kappa shape index (κ2) is 7.54. The quantitative estimate of drug-likeness (QED) is 0.670. The van der Waals surface area contributed by atoms with Gasteiger partial charge in [0, 0.05) is 18.9 Å². The molecule has 104 valence electrons. The maximum absolute atomic E-state index is 8.85. The first-order valence-corrected chi connectivity index (χ1v) is 6.60. The molecule has 0 bridgehead atoms. The van der Waals surface area contributed by atoms with E-state index in [4.69, 9.17) is 14.6 Å². The average molecular weight is 270 g/mol. The zero-order valence-corrected chi connectivity index (χ0v) is 11.6. The molecule has 2 rings (SSSR count). The predicted molar refractivity (Wildman–Crippen MR) is 79.9 cm³/mol. The predicted octanol–water partition coefficient (Wildman–Crippen LogP) is 2.60. The van der Waals surface area contributed by atoms with E-state index < -0.39 is 0 Å². The molecular weight excluding hydrogens is 252 g/mol. The fraction of sp³-hybridized carbons (Fsp3) is 0.294. The SMILES string of the molecule is COCCOc1ccc2ccccc2c1C#CCCO. The fourth-order valence-corrected chi connectivity index (χ4v) is 1.94. The van der Waals surface area contributed by atoms with Gasteiger partial charge in [-0.3, -0.25) is 0 Å². The summed E-state index contributed by atoms with van der Waals surface area (Å²) in [4.78, 5) is 0. The summed E-state index contributed by atoms with van der Waals surface area (Å²) in [7, 11) is 1.64. The molecule has 0 unspecified atom stereocenters. The molecule has 0 saturated carbocycles. The smallest absolute Gasteiger partial charge is 0.135 e. The summed E-state index contributed by atoms with van der Waals surface area (Å²) in [6.07, 6.45) is 0.459. The van der Waals surface area contributed by atoms with Gasteiger partial charge in [0.1, 0.15) is 12.4 Å². The molecule has 0 aliphatic carbocycles. The van der Waals surface area contributed by atoms with Crippen molar-refractivity contribution in [3.05, 3.63) is 42.0 Å². The Bertz CT molecular complexity index is 623. The molecule has 0 heterocycles. The molecule has 0 amide bonds. The molecule has 0 aliphatic rings. The van der Waals surface area contributed by atoms with Gasteiger partial charge in [-0.25, -0.2) is 0 Å². The van der Waals surface area contributed by atoms with Gasteiger partial charge in [-0.15, -0.1) is 0 Å². The minimum absolute atomic E-state index is 0.0671. The Morgan fingerprint density at radius 1 is 1.10 bits per heavy atom. The lowest BCUT2D eigenvalue weighted by molar-refractivity contribution is 0.146. The first kappa shape index (κ1) is 14.4. The minimum atomic E-state index is 0.0671. The summed E-state index contributed by atoms with van der Waals surface area (Å²) >= 11 is 0. The number of hydrogen-bond acceptors (Lipinski definition) is 3. The minimum Gasteiger partial charge on any atom is -0.490 e. The van der Waals surface area contributed by atoms with Crippen LogP contribution in [0.3, 0.4) is 0 Å². The van der Waals surface area contributed by atoms with Gasteiger partial charge in [0.15, 0.2) is 0 Å². The molecule has 0 atom stereocenters. The summed E-state index contributed by atoms with van der Waals surface area (Å²) in [5.41, 5.74) is 0.868. The second-order valence-electron chi connectivity index (χ2n) is 4.28. The van der Waals surface area contributed by atoms with Crippen LogP contribution in [0.4, 0.5) is 0 Å². The van der Waals surface area contributed by atoms with Crippen LogP contribution in [0.2, 0.25) is 0 Å². The van der Waals surface area contributed by atoms with Crippen molar-refractivity contribution in [2.75, 3.05) is 26.9 Å². The third-order valence-corrected chi connectivity index (χ3v) is 2.89. The molecule has 2 aromatic carbocycles. The third kappa shape index (κ3) is 3.51. The Kier molecular flexibility index (Phi) is 5.43.